The Labute approximate surface area is 135 Å². The second-order valence-corrected chi connectivity index (χ2v) is 4.35. The molecule has 22 heavy (non-hydrogen) atoms. The number of halogens is 1. The van der Waals surface area contributed by atoms with E-state index in [2.05, 4.69) is 9.97 Å². The van der Waals surface area contributed by atoms with Gasteiger partial charge in [-0.15, -0.1) is 12.4 Å². The average molecular weight is 327 g/mol. The van der Waals surface area contributed by atoms with Crippen LogP contribution in [0.3, 0.4) is 0 Å². The molecule has 0 aliphatic rings. The van der Waals surface area contributed by atoms with E-state index in [4.69, 9.17) is 25.7 Å². The summed E-state index contributed by atoms with van der Waals surface area (Å²) in [5.41, 5.74) is 13.1. The summed E-state index contributed by atoms with van der Waals surface area (Å²) in [5, 5.41) is 0. The van der Waals surface area contributed by atoms with E-state index in [1.807, 2.05) is 12.1 Å². The Morgan fingerprint density at radius 2 is 1.59 bits per heavy atom. The van der Waals surface area contributed by atoms with Crippen molar-refractivity contribution in [3.63, 3.8) is 0 Å². The second-order valence-electron chi connectivity index (χ2n) is 4.35. The van der Waals surface area contributed by atoms with Crippen LogP contribution in [0.1, 0.15) is 11.1 Å². The summed E-state index contributed by atoms with van der Waals surface area (Å²) < 4.78 is 15.9. The van der Waals surface area contributed by atoms with Crippen LogP contribution in [0.4, 0.5) is 11.8 Å². The fraction of sp³-hybridized carbons (Fsp3) is 0.286. The molecule has 1 aromatic carbocycles. The van der Waals surface area contributed by atoms with E-state index in [9.17, 15) is 0 Å². The molecule has 120 valence electrons. The molecule has 0 bridgehead atoms. The second kappa shape index (κ2) is 7.56. The van der Waals surface area contributed by atoms with Crippen LogP contribution >= 0.6 is 12.4 Å². The number of nitrogen functional groups attached to an aromatic ring is 2. The molecule has 0 saturated heterocycles. The van der Waals surface area contributed by atoms with Crippen LogP contribution < -0.4 is 25.7 Å². The third-order valence-electron chi connectivity index (χ3n) is 3.04. The normalized spacial score (nSPS) is 9.77. The minimum Gasteiger partial charge on any atom is -0.493 e. The third kappa shape index (κ3) is 3.62. The molecule has 4 N–H and O–H groups in total. The van der Waals surface area contributed by atoms with Gasteiger partial charge in [-0.25, -0.2) is 4.98 Å². The Kier molecular flexibility index (Phi) is 6.06. The molecule has 1 aromatic heterocycles. The number of hydrogen-bond acceptors (Lipinski definition) is 7. The molecule has 7 nitrogen and oxygen atoms in total. The zero-order valence-electron chi connectivity index (χ0n) is 12.6. The van der Waals surface area contributed by atoms with Gasteiger partial charge >= 0.3 is 0 Å². The Balaban J connectivity index is 0.00000242. The lowest BCUT2D eigenvalue weighted by Gasteiger charge is -2.14. The quantitative estimate of drug-likeness (QED) is 0.861. The molecular formula is C14H19ClN4O3. The highest BCUT2D eigenvalue weighted by atomic mass is 35.5. The van der Waals surface area contributed by atoms with Gasteiger partial charge in [-0.2, -0.15) is 4.98 Å². The van der Waals surface area contributed by atoms with Crippen LogP contribution in [0.25, 0.3) is 0 Å². The summed E-state index contributed by atoms with van der Waals surface area (Å²) in [5.74, 6) is 2.23. The van der Waals surface area contributed by atoms with Crippen molar-refractivity contribution in [1.29, 1.82) is 0 Å². The number of methoxy groups -OCH3 is 3. The first-order valence-electron chi connectivity index (χ1n) is 6.24. The number of nitrogens with two attached hydrogens (primary N) is 2. The van der Waals surface area contributed by atoms with Crippen LogP contribution in [0.15, 0.2) is 18.3 Å². The van der Waals surface area contributed by atoms with Gasteiger partial charge in [0.05, 0.1) is 21.3 Å². The number of hydrogen-bond donors (Lipinski definition) is 2. The molecule has 0 atom stereocenters. The van der Waals surface area contributed by atoms with E-state index < -0.39 is 0 Å². The van der Waals surface area contributed by atoms with Gasteiger partial charge < -0.3 is 25.7 Å². The highest BCUT2D eigenvalue weighted by molar-refractivity contribution is 5.85. The van der Waals surface area contributed by atoms with Crippen molar-refractivity contribution in [2.24, 2.45) is 0 Å². The molecule has 2 rings (SSSR count). The lowest BCUT2D eigenvalue weighted by Crippen LogP contribution is -2.04. The van der Waals surface area contributed by atoms with E-state index >= 15 is 0 Å². The van der Waals surface area contributed by atoms with Gasteiger partial charge in [-0.1, -0.05) is 0 Å². The van der Waals surface area contributed by atoms with Crippen molar-refractivity contribution in [2.45, 2.75) is 6.42 Å². The van der Waals surface area contributed by atoms with Crippen molar-refractivity contribution in [1.82, 2.24) is 9.97 Å². The molecule has 0 amide bonds. The highest BCUT2D eigenvalue weighted by Crippen LogP contribution is 2.38. The first-order chi connectivity index (χ1) is 10.1. The first kappa shape index (κ1) is 17.6. The maximum atomic E-state index is 5.85. The van der Waals surface area contributed by atoms with Gasteiger partial charge in [0, 0.05) is 18.2 Å². The predicted molar refractivity (Wildman–Crippen MR) is 87.0 cm³/mol. The molecule has 0 fully saturated rings. The molecule has 0 radical (unpaired) electrons. The lowest BCUT2D eigenvalue weighted by atomic mass is 10.1. The molecule has 1 heterocycles. The smallest absolute Gasteiger partial charge is 0.221 e. The SMILES string of the molecule is COc1cc(Cc2cnc(N)nc2N)cc(OC)c1OC.Cl. The highest BCUT2D eigenvalue weighted by Gasteiger charge is 2.14. The van der Waals surface area contributed by atoms with E-state index in [1.165, 1.54) is 0 Å². The maximum absolute atomic E-state index is 5.85. The van der Waals surface area contributed by atoms with Crippen molar-refractivity contribution < 1.29 is 14.2 Å². The van der Waals surface area contributed by atoms with E-state index in [1.54, 1.807) is 27.5 Å². The number of nitrogens with zero attached hydrogens (tertiary/aromatic N) is 2. The molecule has 0 unspecified atom stereocenters. The lowest BCUT2D eigenvalue weighted by molar-refractivity contribution is 0.324. The van der Waals surface area contributed by atoms with Gasteiger partial charge in [0.2, 0.25) is 11.7 Å². The number of aromatic nitrogens is 2. The van der Waals surface area contributed by atoms with Crippen LogP contribution in [-0.2, 0) is 6.42 Å². The van der Waals surface area contributed by atoms with Crippen molar-refractivity contribution in [3.8, 4) is 17.2 Å². The van der Waals surface area contributed by atoms with E-state index in [0.717, 1.165) is 11.1 Å². The predicted octanol–water partition coefficient (Wildman–Crippen LogP) is 1.68. The number of benzene rings is 1. The molecule has 2 aromatic rings. The number of anilines is 2. The summed E-state index contributed by atoms with van der Waals surface area (Å²) in [7, 11) is 4.70. The Bertz CT molecular complexity index is 627. The van der Waals surface area contributed by atoms with Crippen molar-refractivity contribution in [2.75, 3.05) is 32.8 Å². The van der Waals surface area contributed by atoms with Crippen LogP contribution in [0, 0.1) is 0 Å². The molecule has 0 spiro atoms. The fourth-order valence-corrected chi connectivity index (χ4v) is 2.03. The number of ether oxygens (including phenoxy) is 3. The van der Waals surface area contributed by atoms with Crippen molar-refractivity contribution in [3.05, 3.63) is 29.5 Å². The Morgan fingerprint density at radius 3 is 2.05 bits per heavy atom. The van der Waals surface area contributed by atoms with Gasteiger partial charge in [-0.05, 0) is 17.7 Å². The Hall–Kier alpha value is -2.41. The summed E-state index contributed by atoms with van der Waals surface area (Å²) in [6.07, 6.45) is 2.14. The van der Waals surface area contributed by atoms with Crippen molar-refractivity contribution >= 4 is 24.2 Å². The van der Waals surface area contributed by atoms with Crippen LogP contribution in [0.5, 0.6) is 17.2 Å². The average Bonchev–Trinajstić information content (AvgIpc) is 2.49. The monoisotopic (exact) mass is 326 g/mol. The molecule has 0 aliphatic heterocycles. The maximum Gasteiger partial charge on any atom is 0.221 e. The molecule has 0 saturated carbocycles. The minimum absolute atomic E-state index is 0. The van der Waals surface area contributed by atoms with E-state index in [-0.39, 0.29) is 18.4 Å². The first-order valence-corrected chi connectivity index (χ1v) is 6.24. The molecule has 8 heteroatoms. The Morgan fingerprint density at radius 1 is 1.00 bits per heavy atom. The van der Waals surface area contributed by atoms with Gasteiger partial charge in [-0.3, -0.25) is 0 Å². The van der Waals surface area contributed by atoms with Crippen LogP contribution in [0.2, 0.25) is 0 Å². The summed E-state index contributed by atoms with van der Waals surface area (Å²) in [6, 6.07) is 3.72. The number of rotatable bonds is 5. The zero-order valence-corrected chi connectivity index (χ0v) is 13.4. The zero-order chi connectivity index (χ0) is 15.4. The summed E-state index contributed by atoms with van der Waals surface area (Å²) >= 11 is 0. The molecule has 0 aliphatic carbocycles. The summed E-state index contributed by atoms with van der Waals surface area (Å²) in [6.45, 7) is 0. The standard InChI is InChI=1S/C14H18N4O3.ClH/c1-19-10-5-8(6-11(20-2)12(10)21-3)4-9-7-17-14(16)18-13(9)15;/h5-7H,4H2,1-3H3,(H4,15,16,17,18);1H. The van der Waals surface area contributed by atoms with Gasteiger partial charge in [0.1, 0.15) is 5.82 Å². The summed E-state index contributed by atoms with van der Waals surface area (Å²) in [4.78, 5) is 7.90. The van der Waals surface area contributed by atoms with Gasteiger partial charge in [0.25, 0.3) is 0 Å². The molecular weight excluding hydrogens is 308 g/mol. The van der Waals surface area contributed by atoms with Gasteiger partial charge in [0.15, 0.2) is 11.5 Å². The largest absolute Gasteiger partial charge is 0.493 e. The van der Waals surface area contributed by atoms with E-state index in [0.29, 0.717) is 29.5 Å². The van der Waals surface area contributed by atoms with Crippen LogP contribution in [-0.4, -0.2) is 31.3 Å². The minimum atomic E-state index is 0. The topological polar surface area (TPSA) is 106 Å². The third-order valence-corrected chi connectivity index (χ3v) is 3.04. The fourth-order valence-electron chi connectivity index (χ4n) is 2.03.